The van der Waals surface area contributed by atoms with Gasteiger partial charge in [-0.25, -0.2) is 0 Å². The number of esters is 1. The highest BCUT2D eigenvalue weighted by Crippen LogP contribution is 2.42. The van der Waals surface area contributed by atoms with Crippen LogP contribution >= 0.6 is 0 Å². The maximum Gasteiger partial charge on any atom is 0.311 e. The number of rotatable bonds is 6. The molecule has 298 valence electrons. The van der Waals surface area contributed by atoms with Crippen LogP contribution in [0.4, 0.5) is 0 Å². The minimum atomic E-state index is -1.81. The maximum absolute atomic E-state index is 14.1. The van der Waals surface area contributed by atoms with Crippen molar-refractivity contribution in [1.29, 1.82) is 0 Å². The molecule has 51 heavy (non-hydrogen) atoms. The van der Waals surface area contributed by atoms with Crippen LogP contribution < -0.4 is 0 Å². The molecule has 0 radical (unpaired) electrons. The number of cyclic esters (lactones) is 1. The van der Waals surface area contributed by atoms with Crippen LogP contribution in [0.3, 0.4) is 0 Å². The predicted molar refractivity (Wildman–Crippen MR) is 196 cm³/mol. The largest absolute Gasteiger partial charge is 0.459 e. The van der Waals surface area contributed by atoms with Crippen molar-refractivity contribution in [3.63, 3.8) is 0 Å². The smallest absolute Gasteiger partial charge is 0.311 e. The number of aliphatic hydroxyl groups excluding tert-OH is 1. The molecule has 0 saturated carbocycles. The lowest BCUT2D eigenvalue weighted by molar-refractivity contribution is -0.306. The molecule has 12 heteroatoms. The van der Waals surface area contributed by atoms with E-state index < -0.39 is 77.5 Å². The minimum absolute atomic E-state index is 0.0380. The van der Waals surface area contributed by atoms with Crippen LogP contribution in [0.25, 0.3) is 0 Å². The Bertz CT molecular complexity index is 1180. The zero-order chi connectivity index (χ0) is 39.0. The molecule has 3 N–H and O–H groups in total. The molecule has 3 aliphatic heterocycles. The molecular weight excluding hydrogens is 656 g/mol. The fraction of sp³-hybridized carbons (Fsp3) is 0.949. The fourth-order valence-corrected chi connectivity index (χ4v) is 8.93. The van der Waals surface area contributed by atoms with Crippen LogP contribution in [0.5, 0.6) is 0 Å². The number of hydrogen-bond donors (Lipinski definition) is 3. The molecular formula is C39H72N2O10. The van der Waals surface area contributed by atoms with Crippen LogP contribution in [-0.2, 0) is 33.2 Å². The summed E-state index contributed by atoms with van der Waals surface area (Å²) in [5.74, 6) is -3.02. The summed E-state index contributed by atoms with van der Waals surface area (Å²) in [7, 11) is 7.43. The van der Waals surface area contributed by atoms with E-state index in [4.69, 9.17) is 28.4 Å². The highest BCUT2D eigenvalue weighted by atomic mass is 16.7. The second-order valence-electron chi connectivity index (χ2n) is 17.2. The van der Waals surface area contributed by atoms with E-state index in [1.807, 2.05) is 34.6 Å². The summed E-state index contributed by atoms with van der Waals surface area (Å²) in [5, 5.41) is 35.8. The Morgan fingerprint density at radius 1 is 0.882 bits per heavy atom. The van der Waals surface area contributed by atoms with Crippen molar-refractivity contribution in [2.24, 2.45) is 40.5 Å². The van der Waals surface area contributed by atoms with Crippen molar-refractivity contribution >= 4 is 11.7 Å². The first kappa shape index (κ1) is 44.2. The Morgan fingerprint density at radius 2 is 1.49 bits per heavy atom. The monoisotopic (exact) mass is 729 g/mol. The average Bonchev–Trinajstić information content (AvgIpc) is 3.04. The maximum atomic E-state index is 14.1. The fourth-order valence-electron chi connectivity index (χ4n) is 8.93. The lowest BCUT2D eigenvalue weighted by Gasteiger charge is -2.49. The van der Waals surface area contributed by atoms with E-state index in [1.165, 1.54) is 6.92 Å². The highest BCUT2D eigenvalue weighted by molar-refractivity contribution is 5.89. The second-order valence-corrected chi connectivity index (χ2v) is 17.2. The average molecular weight is 729 g/mol. The number of aliphatic imine (C=N–C) groups is 1. The van der Waals surface area contributed by atoms with Gasteiger partial charge in [0, 0.05) is 56.0 Å². The molecule has 0 aromatic carbocycles. The van der Waals surface area contributed by atoms with Crippen LogP contribution in [0.2, 0.25) is 0 Å². The molecule has 3 saturated heterocycles. The third-order valence-corrected chi connectivity index (χ3v) is 12.9. The van der Waals surface area contributed by atoms with Gasteiger partial charge in [0.1, 0.15) is 11.7 Å². The third-order valence-electron chi connectivity index (χ3n) is 12.9. The zero-order valence-electron chi connectivity index (χ0n) is 34.4. The Labute approximate surface area is 307 Å². The first-order valence-corrected chi connectivity index (χ1v) is 19.1. The highest BCUT2D eigenvalue weighted by Gasteiger charge is 2.52. The van der Waals surface area contributed by atoms with Crippen molar-refractivity contribution in [3.8, 4) is 0 Å². The number of methoxy groups -OCH3 is 1. The van der Waals surface area contributed by atoms with E-state index in [2.05, 4.69) is 37.8 Å². The Balaban J connectivity index is 2.19. The van der Waals surface area contributed by atoms with Gasteiger partial charge in [-0.3, -0.25) is 9.79 Å². The minimum Gasteiger partial charge on any atom is -0.459 e. The van der Waals surface area contributed by atoms with Gasteiger partial charge in [0.15, 0.2) is 12.6 Å². The Hall–Kier alpha value is -1.22. The van der Waals surface area contributed by atoms with E-state index >= 15 is 0 Å². The van der Waals surface area contributed by atoms with E-state index in [9.17, 15) is 20.1 Å². The molecule has 3 fully saturated rings. The van der Waals surface area contributed by atoms with Crippen LogP contribution in [0.1, 0.15) is 102 Å². The third kappa shape index (κ3) is 9.54. The Kier molecular flexibility index (Phi) is 14.8. The van der Waals surface area contributed by atoms with Gasteiger partial charge in [-0.1, -0.05) is 34.6 Å². The molecule has 12 nitrogen and oxygen atoms in total. The predicted octanol–water partition coefficient (Wildman–Crippen LogP) is 4.45. The van der Waals surface area contributed by atoms with Crippen molar-refractivity contribution in [2.45, 2.75) is 174 Å². The molecule has 18 atom stereocenters. The van der Waals surface area contributed by atoms with Crippen molar-refractivity contribution < 1.29 is 48.5 Å². The number of nitrogens with zero attached hydrogens (tertiary/aromatic N) is 2. The molecule has 0 aliphatic carbocycles. The molecule has 0 spiro atoms. The quantitative estimate of drug-likeness (QED) is 0.333. The van der Waals surface area contributed by atoms with Crippen molar-refractivity contribution in [3.05, 3.63) is 0 Å². The number of carbonyl (C=O) groups excluding carboxylic acids is 1. The Morgan fingerprint density at radius 3 is 2.04 bits per heavy atom. The summed E-state index contributed by atoms with van der Waals surface area (Å²) in [6.07, 6.45) is -4.39. The van der Waals surface area contributed by atoms with Gasteiger partial charge in [0.05, 0.1) is 47.6 Å². The molecule has 0 bridgehead atoms. The van der Waals surface area contributed by atoms with Gasteiger partial charge >= 0.3 is 5.97 Å². The van der Waals surface area contributed by atoms with Gasteiger partial charge in [-0.15, -0.1) is 0 Å². The summed E-state index contributed by atoms with van der Waals surface area (Å²) in [6.45, 7) is 22.4. The van der Waals surface area contributed by atoms with Gasteiger partial charge in [-0.2, -0.15) is 0 Å². The summed E-state index contributed by atoms with van der Waals surface area (Å²) in [5.41, 5.74) is -3.24. The molecule has 3 rings (SSSR count). The summed E-state index contributed by atoms with van der Waals surface area (Å²) < 4.78 is 38.6. The first-order valence-electron chi connectivity index (χ1n) is 19.1. The van der Waals surface area contributed by atoms with E-state index in [-0.39, 0.29) is 42.4 Å². The SMILES string of the molecule is CN=C1[C@H](C)C[C@](C)(O)[C@H](OC2OC(C)CC(N(C)C)C2C)[C@@H](C)[C@H](OC2CC(C)(OC)C(C)C(C)O2)[C@@H](C)C(=O)O[C@H](C)[C@@](C)(O)[C@H](O)[C@H]1C. The van der Waals surface area contributed by atoms with Crippen LogP contribution in [0.15, 0.2) is 4.99 Å². The molecule has 0 aromatic heterocycles. The van der Waals surface area contributed by atoms with Crippen LogP contribution in [0, 0.1) is 35.5 Å². The molecule has 0 amide bonds. The molecule has 0 aromatic rings. The van der Waals surface area contributed by atoms with Gasteiger partial charge in [-0.05, 0) is 81.3 Å². The summed E-state index contributed by atoms with van der Waals surface area (Å²) in [4.78, 5) is 20.8. The first-order chi connectivity index (χ1) is 23.4. The lowest BCUT2D eigenvalue weighted by atomic mass is 9.73. The second kappa shape index (κ2) is 17.1. The lowest BCUT2D eigenvalue weighted by Crippen LogP contribution is -2.59. The zero-order valence-corrected chi connectivity index (χ0v) is 34.4. The summed E-state index contributed by atoms with van der Waals surface area (Å²) in [6, 6.07) is 0.179. The summed E-state index contributed by atoms with van der Waals surface area (Å²) >= 11 is 0. The van der Waals surface area contributed by atoms with Gasteiger partial charge in [0.2, 0.25) is 0 Å². The molecule has 3 aliphatic rings. The standard InChI is InChI=1S/C39H72N2O10/c1-20-18-37(10,44)34(51-36-22(3)29(41(14)15)17-21(2)47-36)24(5)32(50-30-19-38(11,46-16)26(7)27(8)48-30)25(6)35(43)49-28(9)39(12,45)33(42)23(4)31(20)40-13/h20-30,32-34,36,42,44-45H,17-19H2,1-16H3/t20-,21?,22?,23+,24+,25-,26?,27?,28-,29?,30?,32+,33-,34-,36?,37+,38?,39-/m1/s1. The number of aliphatic hydroxyl groups is 3. The normalized spacial score (nSPS) is 50.5. The van der Waals surface area contributed by atoms with Crippen molar-refractivity contribution in [1.82, 2.24) is 4.90 Å². The van der Waals surface area contributed by atoms with Gasteiger partial charge in [0.25, 0.3) is 0 Å². The van der Waals surface area contributed by atoms with E-state index in [1.54, 1.807) is 41.9 Å². The van der Waals surface area contributed by atoms with Crippen LogP contribution in [-0.4, -0.2) is 132 Å². The number of carbonyl (C=O) groups is 1. The number of ether oxygens (including phenoxy) is 6. The van der Waals surface area contributed by atoms with Gasteiger partial charge < -0.3 is 48.6 Å². The molecule has 3 heterocycles. The van der Waals surface area contributed by atoms with E-state index in [0.29, 0.717) is 12.1 Å². The number of hydrogen-bond acceptors (Lipinski definition) is 12. The molecule has 8 unspecified atom stereocenters. The van der Waals surface area contributed by atoms with E-state index in [0.717, 1.165) is 6.42 Å². The van der Waals surface area contributed by atoms with Crippen molar-refractivity contribution in [2.75, 3.05) is 28.3 Å². The topological polar surface area (TPSA) is 149 Å².